The molecule has 2 aromatic rings. The lowest BCUT2D eigenvalue weighted by molar-refractivity contribution is -0.142. The van der Waals surface area contributed by atoms with Gasteiger partial charge in [0.25, 0.3) is 5.91 Å². The van der Waals surface area contributed by atoms with Crippen LogP contribution < -0.4 is 27.1 Å². The number of carboxylic acids is 1. The molecule has 1 aromatic heterocycles. The van der Waals surface area contributed by atoms with Gasteiger partial charge in [-0.05, 0) is 50.3 Å². The van der Waals surface area contributed by atoms with Crippen molar-refractivity contribution in [2.75, 3.05) is 13.2 Å². The van der Waals surface area contributed by atoms with Gasteiger partial charge in [0.15, 0.2) is 12.6 Å². The van der Waals surface area contributed by atoms with Crippen LogP contribution in [0.3, 0.4) is 0 Å². The molecule has 10 heteroatoms. The van der Waals surface area contributed by atoms with Crippen LogP contribution in [0.15, 0.2) is 32.4 Å². The molecule has 32 heavy (non-hydrogen) atoms. The second kappa shape index (κ2) is 11.7. The fourth-order valence-corrected chi connectivity index (χ4v) is 3.28. The molecule has 0 aliphatic heterocycles. The third-order valence-electron chi connectivity index (χ3n) is 4.93. The van der Waals surface area contributed by atoms with Crippen LogP contribution in [-0.2, 0) is 16.0 Å². The van der Waals surface area contributed by atoms with Crippen molar-refractivity contribution in [2.24, 2.45) is 16.5 Å². The Hall–Kier alpha value is -3.56. The van der Waals surface area contributed by atoms with Crippen molar-refractivity contribution in [3.63, 3.8) is 0 Å². The molecule has 2 rings (SSSR count). The zero-order valence-corrected chi connectivity index (χ0v) is 18.3. The van der Waals surface area contributed by atoms with E-state index in [9.17, 15) is 19.5 Å². The molecular formula is C22H30N4O6. The van der Waals surface area contributed by atoms with Gasteiger partial charge in [0.2, 0.25) is 0 Å². The number of benzene rings is 1. The Labute approximate surface area is 185 Å². The maximum atomic E-state index is 12.2. The molecular weight excluding hydrogens is 416 g/mol. The van der Waals surface area contributed by atoms with Gasteiger partial charge >= 0.3 is 11.6 Å². The van der Waals surface area contributed by atoms with E-state index >= 15 is 0 Å². The van der Waals surface area contributed by atoms with Crippen molar-refractivity contribution >= 4 is 28.8 Å². The van der Waals surface area contributed by atoms with Crippen molar-refractivity contribution in [1.29, 1.82) is 0 Å². The van der Waals surface area contributed by atoms with Crippen LogP contribution in [-0.4, -0.2) is 42.1 Å². The van der Waals surface area contributed by atoms with Gasteiger partial charge in [0.05, 0.1) is 0 Å². The first-order chi connectivity index (χ1) is 15.2. The Morgan fingerprint density at radius 1 is 1.28 bits per heavy atom. The van der Waals surface area contributed by atoms with Crippen LogP contribution in [0.2, 0.25) is 0 Å². The van der Waals surface area contributed by atoms with Crippen LogP contribution in [0.25, 0.3) is 11.0 Å². The maximum absolute atomic E-state index is 12.2. The molecule has 0 saturated heterocycles. The average Bonchev–Trinajstić information content (AvgIpc) is 2.73. The highest BCUT2D eigenvalue weighted by Crippen LogP contribution is 2.29. The largest absolute Gasteiger partial charge is 0.483 e. The van der Waals surface area contributed by atoms with E-state index in [1.807, 2.05) is 0 Å². The zero-order chi connectivity index (χ0) is 23.7. The molecule has 10 nitrogen and oxygen atoms in total. The number of carbonyl (C=O) groups is 2. The van der Waals surface area contributed by atoms with E-state index in [2.05, 4.69) is 17.2 Å². The number of nitrogens with zero attached hydrogens (tertiary/aromatic N) is 1. The topological polar surface area (TPSA) is 170 Å². The molecule has 0 fully saturated rings. The first kappa shape index (κ1) is 24.7. The Morgan fingerprint density at radius 2 is 2.03 bits per heavy atom. The number of nitrogens with one attached hydrogen (secondary N) is 1. The Balaban J connectivity index is 2.05. The van der Waals surface area contributed by atoms with Gasteiger partial charge in [-0.1, -0.05) is 13.3 Å². The molecule has 1 atom stereocenters. The van der Waals surface area contributed by atoms with Crippen LogP contribution in [0.4, 0.5) is 0 Å². The summed E-state index contributed by atoms with van der Waals surface area (Å²) in [7, 11) is 0. The summed E-state index contributed by atoms with van der Waals surface area (Å²) in [5.74, 6) is -1.44. The van der Waals surface area contributed by atoms with E-state index < -0.39 is 23.5 Å². The molecule has 1 amide bonds. The minimum Gasteiger partial charge on any atom is -0.483 e. The standard InChI is InChI=1S/C22H30N4O6/c1-3-4-6-14-11-19(28)32-20-13(2)17(9-8-15(14)20)31-12-18(27)26-16(21(29)30)7-5-10-25-22(23)24/h8-9,11,16H,3-7,10,12H2,1-2H3,(H,26,27)(H,29,30)(H4,23,24,25)/t16-/m0/s1. The number of unbranched alkanes of at least 4 members (excludes halogenated alkanes) is 1. The van der Waals surface area contributed by atoms with E-state index in [1.54, 1.807) is 19.1 Å². The van der Waals surface area contributed by atoms with E-state index in [0.717, 1.165) is 30.2 Å². The number of hydrogen-bond acceptors (Lipinski definition) is 6. The fourth-order valence-electron chi connectivity index (χ4n) is 3.28. The number of carboxylic acid groups (broad SMARTS) is 1. The molecule has 1 aromatic carbocycles. The number of guanidine groups is 1. The lowest BCUT2D eigenvalue weighted by Gasteiger charge is -2.15. The number of aryl methyl sites for hydroxylation is 2. The number of hydrogen-bond donors (Lipinski definition) is 4. The molecule has 6 N–H and O–H groups in total. The normalized spacial score (nSPS) is 11.7. The number of carbonyl (C=O) groups excluding carboxylic acids is 1. The van der Waals surface area contributed by atoms with Gasteiger partial charge in [-0.15, -0.1) is 0 Å². The minimum absolute atomic E-state index is 0.0756. The van der Waals surface area contributed by atoms with Gasteiger partial charge in [-0.3, -0.25) is 9.79 Å². The van der Waals surface area contributed by atoms with Gasteiger partial charge in [-0.2, -0.15) is 0 Å². The third-order valence-corrected chi connectivity index (χ3v) is 4.93. The van der Waals surface area contributed by atoms with Crippen LogP contribution in [0.1, 0.15) is 43.7 Å². The number of nitrogens with two attached hydrogens (primary N) is 2. The molecule has 0 aliphatic rings. The summed E-state index contributed by atoms with van der Waals surface area (Å²) >= 11 is 0. The SMILES string of the molecule is CCCCc1cc(=O)oc2c(C)c(OCC(=O)N[C@@H](CCCN=C(N)N)C(=O)O)ccc12. The molecule has 0 spiro atoms. The van der Waals surface area contributed by atoms with Crippen molar-refractivity contribution in [2.45, 2.75) is 52.0 Å². The minimum atomic E-state index is -1.16. The number of aliphatic imine (C=N–C) groups is 1. The highest BCUT2D eigenvalue weighted by Gasteiger charge is 2.20. The summed E-state index contributed by atoms with van der Waals surface area (Å²) in [4.78, 5) is 39.4. The number of rotatable bonds is 12. The van der Waals surface area contributed by atoms with E-state index in [-0.39, 0.29) is 25.5 Å². The number of aliphatic carboxylic acids is 1. The molecule has 0 unspecified atom stereocenters. The van der Waals surface area contributed by atoms with Crippen LogP contribution >= 0.6 is 0 Å². The Morgan fingerprint density at radius 3 is 2.69 bits per heavy atom. The summed E-state index contributed by atoms with van der Waals surface area (Å²) in [5.41, 5.74) is 12.0. The van der Waals surface area contributed by atoms with Gasteiger partial charge in [-0.25, -0.2) is 9.59 Å². The van der Waals surface area contributed by atoms with Crippen molar-refractivity contribution in [3.8, 4) is 5.75 Å². The molecule has 0 radical (unpaired) electrons. The smallest absolute Gasteiger partial charge is 0.336 e. The monoisotopic (exact) mass is 446 g/mol. The molecule has 1 heterocycles. The fraction of sp³-hybridized carbons (Fsp3) is 0.455. The van der Waals surface area contributed by atoms with Crippen molar-refractivity contribution < 1.29 is 23.8 Å². The first-order valence-electron chi connectivity index (χ1n) is 10.5. The van der Waals surface area contributed by atoms with E-state index in [1.165, 1.54) is 6.07 Å². The maximum Gasteiger partial charge on any atom is 0.336 e. The summed E-state index contributed by atoms with van der Waals surface area (Å²) in [6.07, 6.45) is 3.27. The highest BCUT2D eigenvalue weighted by molar-refractivity contribution is 5.86. The summed E-state index contributed by atoms with van der Waals surface area (Å²) in [6.45, 7) is 3.70. The van der Waals surface area contributed by atoms with Gasteiger partial charge < -0.3 is 31.0 Å². The molecule has 174 valence electrons. The predicted octanol–water partition coefficient (Wildman–Crippen LogP) is 1.45. The summed E-state index contributed by atoms with van der Waals surface area (Å²) < 4.78 is 11.0. The van der Waals surface area contributed by atoms with Crippen molar-refractivity contribution in [1.82, 2.24) is 5.32 Å². The lowest BCUT2D eigenvalue weighted by atomic mass is 10.0. The quantitative estimate of drug-likeness (QED) is 0.164. The first-order valence-corrected chi connectivity index (χ1v) is 10.5. The number of fused-ring (bicyclic) bond motifs is 1. The van der Waals surface area contributed by atoms with Crippen LogP contribution in [0, 0.1) is 6.92 Å². The van der Waals surface area contributed by atoms with E-state index in [0.29, 0.717) is 23.3 Å². The van der Waals surface area contributed by atoms with E-state index in [4.69, 9.17) is 20.6 Å². The van der Waals surface area contributed by atoms with Gasteiger partial charge in [0.1, 0.15) is 17.4 Å². The van der Waals surface area contributed by atoms with Gasteiger partial charge in [0, 0.05) is 23.6 Å². The third kappa shape index (κ3) is 7.00. The Bertz CT molecular complexity index is 1040. The molecule has 0 saturated carbocycles. The molecule has 0 aliphatic carbocycles. The number of amides is 1. The second-order valence-corrected chi connectivity index (χ2v) is 7.46. The number of ether oxygens (including phenoxy) is 1. The zero-order valence-electron chi connectivity index (χ0n) is 18.3. The summed E-state index contributed by atoms with van der Waals surface area (Å²) in [5, 5.41) is 12.6. The molecule has 0 bridgehead atoms. The Kier molecular flexibility index (Phi) is 9.06. The lowest BCUT2D eigenvalue weighted by Crippen LogP contribution is -2.43. The predicted molar refractivity (Wildman–Crippen MR) is 121 cm³/mol. The summed E-state index contributed by atoms with van der Waals surface area (Å²) in [6, 6.07) is 3.93. The van der Waals surface area contributed by atoms with Crippen molar-refractivity contribution in [3.05, 3.63) is 39.7 Å². The second-order valence-electron chi connectivity index (χ2n) is 7.46. The average molecular weight is 447 g/mol. The van der Waals surface area contributed by atoms with Crippen LogP contribution in [0.5, 0.6) is 5.75 Å². The highest BCUT2D eigenvalue weighted by atomic mass is 16.5.